The molecule has 8 heteroatoms. The first-order valence-corrected chi connectivity index (χ1v) is 14.6. The van der Waals surface area contributed by atoms with Crippen LogP contribution in [0.4, 0.5) is 0 Å². The van der Waals surface area contributed by atoms with E-state index in [-0.39, 0.29) is 11.7 Å². The van der Waals surface area contributed by atoms with E-state index >= 15 is 0 Å². The summed E-state index contributed by atoms with van der Waals surface area (Å²) in [6.07, 6.45) is 2.64. The molecule has 4 aromatic rings. The topological polar surface area (TPSA) is 96.9 Å². The van der Waals surface area contributed by atoms with Gasteiger partial charge in [-0.3, -0.25) is 9.89 Å². The van der Waals surface area contributed by atoms with Crippen molar-refractivity contribution in [2.24, 2.45) is 0 Å². The van der Waals surface area contributed by atoms with Gasteiger partial charge in [0, 0.05) is 17.7 Å². The van der Waals surface area contributed by atoms with Gasteiger partial charge >= 0.3 is 0 Å². The summed E-state index contributed by atoms with van der Waals surface area (Å²) in [4.78, 5) is 15.8. The minimum atomic E-state index is -0.441. The van der Waals surface area contributed by atoms with Crippen molar-refractivity contribution in [3.8, 4) is 34.3 Å². The van der Waals surface area contributed by atoms with Crippen LogP contribution in [0.2, 0.25) is 0 Å². The average molecular weight is 570 g/mol. The second-order valence-electron chi connectivity index (χ2n) is 10.7. The number of hydrogen-bond donors (Lipinski definition) is 2. The number of nitrogens with one attached hydrogen (secondary N) is 1. The lowest BCUT2D eigenvalue weighted by molar-refractivity contribution is 0.0745. The lowest BCUT2D eigenvalue weighted by Crippen LogP contribution is -2.31. The molecule has 0 aliphatic carbocycles. The molecule has 2 heterocycles. The van der Waals surface area contributed by atoms with E-state index in [2.05, 4.69) is 17.1 Å². The standard InChI is InChI=1S/C34H39N3O5/c1-6-8-17-42-27-14-11-24(20-28(27)41-7-2)33-30-31(29-22(4)18-21(3)19-26(29)38)35-36-32(30)34(39)37(33)16-15-23-9-12-25(40-5)13-10-23/h9-14,18-20,33,38H,6-8,15-17H2,1-5H3,(H,35,36). The first-order chi connectivity index (χ1) is 20.4. The van der Waals surface area contributed by atoms with E-state index in [1.165, 1.54) is 0 Å². The maximum atomic E-state index is 13.9. The summed E-state index contributed by atoms with van der Waals surface area (Å²) in [5.74, 6) is 2.12. The number of carbonyl (C=O) groups is 1. The number of aryl methyl sites for hydroxylation is 2. The molecule has 1 aliphatic heterocycles. The highest BCUT2D eigenvalue weighted by molar-refractivity contribution is 6.00. The molecule has 0 saturated carbocycles. The van der Waals surface area contributed by atoms with Crippen LogP contribution in [0, 0.1) is 13.8 Å². The number of phenolic OH excluding ortho intramolecular Hbond substituents is 1. The maximum Gasteiger partial charge on any atom is 0.273 e. The minimum Gasteiger partial charge on any atom is -0.507 e. The molecule has 42 heavy (non-hydrogen) atoms. The number of aromatic hydroxyl groups is 1. The third-order valence-electron chi connectivity index (χ3n) is 7.70. The van der Waals surface area contributed by atoms with Gasteiger partial charge in [0.05, 0.1) is 26.4 Å². The van der Waals surface area contributed by atoms with E-state index in [0.717, 1.165) is 46.4 Å². The van der Waals surface area contributed by atoms with E-state index < -0.39 is 6.04 Å². The van der Waals surface area contributed by atoms with Gasteiger partial charge in [-0.15, -0.1) is 0 Å². The molecule has 3 aromatic carbocycles. The number of fused-ring (bicyclic) bond motifs is 1. The van der Waals surface area contributed by atoms with Gasteiger partial charge in [-0.1, -0.05) is 37.6 Å². The van der Waals surface area contributed by atoms with Crippen LogP contribution in [0.25, 0.3) is 11.3 Å². The number of ether oxygens (including phenoxy) is 3. The number of unbranched alkanes of at least 4 members (excludes halogenated alkanes) is 1. The van der Waals surface area contributed by atoms with Crippen molar-refractivity contribution in [2.75, 3.05) is 26.9 Å². The molecule has 1 aromatic heterocycles. The highest BCUT2D eigenvalue weighted by Crippen LogP contribution is 2.47. The number of methoxy groups -OCH3 is 1. The second kappa shape index (κ2) is 12.6. The minimum absolute atomic E-state index is 0.132. The molecule has 0 fully saturated rings. The molecule has 0 saturated heterocycles. The number of aromatic nitrogens is 2. The number of H-pyrrole nitrogens is 1. The molecule has 1 atom stereocenters. The van der Waals surface area contributed by atoms with Gasteiger partial charge in [0.25, 0.3) is 5.91 Å². The monoisotopic (exact) mass is 569 g/mol. The van der Waals surface area contributed by atoms with Gasteiger partial charge in [0.15, 0.2) is 11.5 Å². The summed E-state index contributed by atoms with van der Waals surface area (Å²) in [5.41, 5.74) is 6.20. The lowest BCUT2D eigenvalue weighted by atomic mass is 9.93. The molecule has 0 radical (unpaired) electrons. The summed E-state index contributed by atoms with van der Waals surface area (Å²) >= 11 is 0. The smallest absolute Gasteiger partial charge is 0.273 e. The predicted octanol–water partition coefficient (Wildman–Crippen LogP) is 6.77. The van der Waals surface area contributed by atoms with Crippen molar-refractivity contribution >= 4 is 5.91 Å². The van der Waals surface area contributed by atoms with Gasteiger partial charge in [0.2, 0.25) is 0 Å². The van der Waals surface area contributed by atoms with Crippen LogP contribution >= 0.6 is 0 Å². The van der Waals surface area contributed by atoms with Crippen molar-refractivity contribution in [3.63, 3.8) is 0 Å². The average Bonchev–Trinajstić information content (AvgIpc) is 3.51. The van der Waals surface area contributed by atoms with Crippen LogP contribution in [-0.2, 0) is 6.42 Å². The number of aromatic amines is 1. The summed E-state index contributed by atoms with van der Waals surface area (Å²) < 4.78 is 17.4. The van der Waals surface area contributed by atoms with E-state index in [1.807, 2.05) is 74.2 Å². The Balaban J connectivity index is 1.59. The van der Waals surface area contributed by atoms with Crippen LogP contribution < -0.4 is 14.2 Å². The number of rotatable bonds is 12. The molecule has 5 rings (SSSR count). The molecule has 0 spiro atoms. The molecule has 1 amide bonds. The number of hydrogen-bond acceptors (Lipinski definition) is 6. The first-order valence-electron chi connectivity index (χ1n) is 14.6. The third-order valence-corrected chi connectivity index (χ3v) is 7.70. The quantitative estimate of drug-likeness (QED) is 0.183. The zero-order chi connectivity index (χ0) is 29.8. The first kappa shape index (κ1) is 29.0. The number of amides is 1. The Labute approximate surface area is 247 Å². The fourth-order valence-electron chi connectivity index (χ4n) is 5.67. The van der Waals surface area contributed by atoms with Crippen LogP contribution in [0.1, 0.15) is 71.0 Å². The van der Waals surface area contributed by atoms with Gasteiger partial charge in [-0.25, -0.2) is 0 Å². The van der Waals surface area contributed by atoms with E-state index in [4.69, 9.17) is 14.2 Å². The lowest BCUT2D eigenvalue weighted by Gasteiger charge is -2.27. The summed E-state index contributed by atoms with van der Waals surface area (Å²) in [7, 11) is 1.64. The Kier molecular flexibility index (Phi) is 8.71. The number of nitrogens with zero attached hydrogens (tertiary/aromatic N) is 2. The van der Waals surface area contributed by atoms with Gasteiger partial charge in [-0.05, 0) is 86.2 Å². The zero-order valence-corrected chi connectivity index (χ0v) is 25.0. The Morgan fingerprint density at radius 2 is 1.79 bits per heavy atom. The van der Waals surface area contributed by atoms with Crippen molar-refractivity contribution in [1.82, 2.24) is 15.1 Å². The third kappa shape index (κ3) is 5.66. The highest BCUT2D eigenvalue weighted by atomic mass is 16.5. The largest absolute Gasteiger partial charge is 0.507 e. The molecular weight excluding hydrogens is 530 g/mol. The van der Waals surface area contributed by atoms with Crippen LogP contribution in [-0.4, -0.2) is 53.0 Å². The van der Waals surface area contributed by atoms with E-state index in [1.54, 1.807) is 13.2 Å². The van der Waals surface area contributed by atoms with Crippen molar-refractivity contribution in [1.29, 1.82) is 0 Å². The van der Waals surface area contributed by atoms with Crippen LogP contribution in [0.5, 0.6) is 23.0 Å². The molecular formula is C34H39N3O5. The Morgan fingerprint density at radius 3 is 2.48 bits per heavy atom. The fraction of sp³-hybridized carbons (Fsp3) is 0.353. The SMILES string of the molecule is CCCCOc1ccc(C2c3c(-c4c(C)cc(C)cc4O)n[nH]c3C(=O)N2CCc2ccc(OC)cc2)cc1OCC. The molecule has 1 unspecified atom stereocenters. The maximum absolute atomic E-state index is 13.9. The van der Waals surface area contributed by atoms with Crippen molar-refractivity contribution in [2.45, 2.75) is 53.0 Å². The van der Waals surface area contributed by atoms with Crippen LogP contribution in [0.15, 0.2) is 54.6 Å². The van der Waals surface area contributed by atoms with Crippen LogP contribution in [0.3, 0.4) is 0 Å². The molecule has 8 nitrogen and oxygen atoms in total. The van der Waals surface area contributed by atoms with E-state index in [9.17, 15) is 9.90 Å². The molecule has 1 aliphatic rings. The summed E-state index contributed by atoms with van der Waals surface area (Å²) in [6.45, 7) is 9.53. The number of phenols is 1. The predicted molar refractivity (Wildman–Crippen MR) is 163 cm³/mol. The second-order valence-corrected chi connectivity index (χ2v) is 10.7. The van der Waals surface area contributed by atoms with Crippen molar-refractivity contribution < 1.29 is 24.1 Å². The highest BCUT2D eigenvalue weighted by Gasteiger charge is 2.43. The molecule has 0 bridgehead atoms. The summed E-state index contributed by atoms with van der Waals surface area (Å²) in [5, 5.41) is 18.6. The Morgan fingerprint density at radius 1 is 1.00 bits per heavy atom. The number of carbonyl (C=O) groups excluding carboxylic acids is 1. The normalized spacial score (nSPS) is 14.3. The Hall–Kier alpha value is -4.46. The molecule has 2 N–H and O–H groups in total. The van der Waals surface area contributed by atoms with Gasteiger partial charge in [-0.2, -0.15) is 5.10 Å². The van der Waals surface area contributed by atoms with Gasteiger partial charge in [0.1, 0.15) is 22.9 Å². The summed E-state index contributed by atoms with van der Waals surface area (Å²) in [6, 6.07) is 17.1. The fourth-order valence-corrected chi connectivity index (χ4v) is 5.67. The number of benzene rings is 3. The molecule has 220 valence electrons. The Bertz CT molecular complexity index is 1540. The van der Waals surface area contributed by atoms with Gasteiger partial charge < -0.3 is 24.2 Å². The van der Waals surface area contributed by atoms with E-state index in [0.29, 0.717) is 54.6 Å². The zero-order valence-electron chi connectivity index (χ0n) is 25.0. The van der Waals surface area contributed by atoms with Crippen molar-refractivity contribution in [3.05, 3.63) is 88.1 Å².